The Morgan fingerprint density at radius 2 is 1.75 bits per heavy atom. The molecule has 2 aromatic heterocycles. The van der Waals surface area contributed by atoms with Gasteiger partial charge in [0.05, 0.1) is 10.0 Å². The fourth-order valence-corrected chi connectivity index (χ4v) is 2.10. The van der Waals surface area contributed by atoms with Crippen molar-refractivity contribution >= 4 is 34.8 Å². The van der Waals surface area contributed by atoms with Crippen molar-refractivity contribution in [2.75, 3.05) is 0 Å². The molecule has 0 aliphatic rings. The molecule has 0 fully saturated rings. The second-order valence-corrected chi connectivity index (χ2v) is 5.12. The van der Waals surface area contributed by atoms with Gasteiger partial charge in [-0.3, -0.25) is 0 Å². The molecule has 0 amide bonds. The SMILES string of the molecule is Clc1cc(-c2nc(-c3ccc(Cl)c(Cl)c3)no2)ccn1. The number of halogens is 3. The first-order valence-electron chi connectivity index (χ1n) is 5.54. The summed E-state index contributed by atoms with van der Waals surface area (Å²) in [6.07, 6.45) is 1.57. The second-order valence-electron chi connectivity index (χ2n) is 3.92. The van der Waals surface area contributed by atoms with Crippen molar-refractivity contribution in [3.8, 4) is 22.8 Å². The summed E-state index contributed by atoms with van der Waals surface area (Å²) in [6.45, 7) is 0. The maximum absolute atomic E-state index is 5.96. The van der Waals surface area contributed by atoms with E-state index in [2.05, 4.69) is 15.1 Å². The lowest BCUT2D eigenvalue weighted by Gasteiger charge is -1.97. The molecule has 0 spiro atoms. The van der Waals surface area contributed by atoms with Gasteiger partial charge in [-0.05, 0) is 30.3 Å². The third-order valence-electron chi connectivity index (χ3n) is 2.58. The highest BCUT2D eigenvalue weighted by Gasteiger charge is 2.12. The van der Waals surface area contributed by atoms with Gasteiger partial charge in [-0.1, -0.05) is 40.0 Å². The Kier molecular flexibility index (Phi) is 3.61. The van der Waals surface area contributed by atoms with Crippen molar-refractivity contribution < 1.29 is 4.52 Å². The van der Waals surface area contributed by atoms with Gasteiger partial charge in [0.15, 0.2) is 0 Å². The summed E-state index contributed by atoms with van der Waals surface area (Å²) in [5.41, 5.74) is 1.42. The van der Waals surface area contributed by atoms with Crippen LogP contribution in [-0.2, 0) is 0 Å². The lowest BCUT2D eigenvalue weighted by molar-refractivity contribution is 0.432. The third kappa shape index (κ3) is 2.63. The molecule has 4 nitrogen and oxygen atoms in total. The first-order chi connectivity index (χ1) is 9.63. The first kappa shape index (κ1) is 13.4. The van der Waals surface area contributed by atoms with Gasteiger partial charge in [-0.25, -0.2) is 4.98 Å². The van der Waals surface area contributed by atoms with E-state index >= 15 is 0 Å². The van der Waals surface area contributed by atoms with Gasteiger partial charge in [0.2, 0.25) is 5.82 Å². The standard InChI is InChI=1S/C13H6Cl3N3O/c14-9-2-1-7(5-10(9)15)12-18-13(20-19-12)8-3-4-17-11(16)6-8/h1-6H. The van der Waals surface area contributed by atoms with E-state index in [-0.39, 0.29) is 0 Å². The Morgan fingerprint density at radius 3 is 2.50 bits per heavy atom. The molecule has 0 atom stereocenters. The third-order valence-corrected chi connectivity index (χ3v) is 3.52. The summed E-state index contributed by atoms with van der Waals surface area (Å²) >= 11 is 17.7. The number of aromatic nitrogens is 3. The van der Waals surface area contributed by atoms with Crippen LogP contribution in [0.15, 0.2) is 41.1 Å². The van der Waals surface area contributed by atoms with E-state index in [0.717, 1.165) is 5.56 Å². The normalized spacial score (nSPS) is 10.8. The fourth-order valence-electron chi connectivity index (χ4n) is 1.63. The van der Waals surface area contributed by atoms with Crippen LogP contribution in [-0.4, -0.2) is 15.1 Å². The average Bonchev–Trinajstić information content (AvgIpc) is 2.92. The first-order valence-corrected chi connectivity index (χ1v) is 6.68. The lowest BCUT2D eigenvalue weighted by Crippen LogP contribution is -1.82. The maximum Gasteiger partial charge on any atom is 0.258 e. The Balaban J connectivity index is 1.99. The zero-order valence-corrected chi connectivity index (χ0v) is 12.1. The van der Waals surface area contributed by atoms with Crippen LogP contribution in [0.4, 0.5) is 0 Å². The molecule has 0 saturated carbocycles. The van der Waals surface area contributed by atoms with Crippen LogP contribution in [0, 0.1) is 0 Å². The molecule has 20 heavy (non-hydrogen) atoms. The largest absolute Gasteiger partial charge is 0.334 e. The molecular weight excluding hydrogens is 321 g/mol. The summed E-state index contributed by atoms with van der Waals surface area (Å²) < 4.78 is 5.21. The van der Waals surface area contributed by atoms with Gasteiger partial charge in [0.25, 0.3) is 5.89 Å². The zero-order chi connectivity index (χ0) is 14.1. The predicted octanol–water partition coefficient (Wildman–Crippen LogP) is 4.76. The molecule has 0 bridgehead atoms. The quantitative estimate of drug-likeness (QED) is 0.637. The van der Waals surface area contributed by atoms with E-state index in [1.54, 1.807) is 36.5 Å². The average molecular weight is 327 g/mol. The molecule has 3 rings (SSSR count). The van der Waals surface area contributed by atoms with Gasteiger partial charge in [0, 0.05) is 17.3 Å². The van der Waals surface area contributed by atoms with Crippen molar-refractivity contribution in [3.63, 3.8) is 0 Å². The van der Waals surface area contributed by atoms with E-state index in [1.807, 2.05) is 0 Å². The van der Waals surface area contributed by atoms with E-state index in [0.29, 0.717) is 32.5 Å². The van der Waals surface area contributed by atoms with Gasteiger partial charge >= 0.3 is 0 Å². The molecule has 1 aromatic carbocycles. The van der Waals surface area contributed by atoms with E-state index in [1.165, 1.54) is 0 Å². The number of pyridine rings is 1. The molecule has 0 aliphatic heterocycles. The Morgan fingerprint density at radius 1 is 0.900 bits per heavy atom. The topological polar surface area (TPSA) is 51.8 Å². The molecule has 100 valence electrons. The van der Waals surface area contributed by atoms with Crippen LogP contribution in [0.1, 0.15) is 0 Å². The van der Waals surface area contributed by atoms with Gasteiger partial charge in [-0.15, -0.1) is 0 Å². The minimum absolute atomic E-state index is 0.357. The zero-order valence-electron chi connectivity index (χ0n) is 9.85. The number of rotatable bonds is 2. The molecule has 3 aromatic rings. The highest BCUT2D eigenvalue weighted by Crippen LogP contribution is 2.28. The molecule has 0 unspecified atom stereocenters. The molecule has 0 aliphatic carbocycles. The van der Waals surface area contributed by atoms with Crippen LogP contribution in [0.2, 0.25) is 15.2 Å². The predicted molar refractivity (Wildman–Crippen MR) is 78.0 cm³/mol. The fraction of sp³-hybridized carbons (Fsp3) is 0. The van der Waals surface area contributed by atoms with Crippen molar-refractivity contribution in [3.05, 3.63) is 51.7 Å². The molecule has 0 N–H and O–H groups in total. The summed E-state index contributed by atoms with van der Waals surface area (Å²) in [6, 6.07) is 8.50. The summed E-state index contributed by atoms with van der Waals surface area (Å²) in [5, 5.41) is 5.18. The van der Waals surface area contributed by atoms with Gasteiger partial charge < -0.3 is 4.52 Å². The Hall–Kier alpha value is -1.62. The van der Waals surface area contributed by atoms with Crippen LogP contribution >= 0.6 is 34.8 Å². The lowest BCUT2D eigenvalue weighted by atomic mass is 10.2. The summed E-state index contributed by atoms with van der Waals surface area (Å²) in [5.74, 6) is 0.780. The molecular formula is C13H6Cl3N3O. The highest BCUT2D eigenvalue weighted by molar-refractivity contribution is 6.42. The molecule has 0 radical (unpaired) electrons. The Labute approximate surface area is 129 Å². The minimum atomic E-state index is 0.357. The van der Waals surface area contributed by atoms with Gasteiger partial charge in [-0.2, -0.15) is 4.98 Å². The number of nitrogens with zero attached hydrogens (tertiary/aromatic N) is 3. The number of benzene rings is 1. The van der Waals surface area contributed by atoms with Crippen LogP contribution in [0.25, 0.3) is 22.8 Å². The van der Waals surface area contributed by atoms with Gasteiger partial charge in [0.1, 0.15) is 5.15 Å². The summed E-state index contributed by atoms with van der Waals surface area (Å²) in [7, 11) is 0. The van der Waals surface area contributed by atoms with Crippen LogP contribution < -0.4 is 0 Å². The molecule has 2 heterocycles. The summed E-state index contributed by atoms with van der Waals surface area (Å²) in [4.78, 5) is 8.19. The van der Waals surface area contributed by atoms with E-state index < -0.39 is 0 Å². The second kappa shape index (κ2) is 5.40. The smallest absolute Gasteiger partial charge is 0.258 e. The van der Waals surface area contributed by atoms with Crippen molar-refractivity contribution in [1.29, 1.82) is 0 Å². The van der Waals surface area contributed by atoms with E-state index in [9.17, 15) is 0 Å². The Bertz CT molecular complexity index is 773. The highest BCUT2D eigenvalue weighted by atomic mass is 35.5. The number of hydrogen-bond donors (Lipinski definition) is 0. The monoisotopic (exact) mass is 325 g/mol. The van der Waals surface area contributed by atoms with Crippen LogP contribution in [0.3, 0.4) is 0 Å². The maximum atomic E-state index is 5.96. The molecule has 7 heteroatoms. The number of hydrogen-bond acceptors (Lipinski definition) is 4. The van der Waals surface area contributed by atoms with Crippen molar-refractivity contribution in [1.82, 2.24) is 15.1 Å². The van der Waals surface area contributed by atoms with E-state index in [4.69, 9.17) is 39.3 Å². The van der Waals surface area contributed by atoms with Crippen molar-refractivity contribution in [2.24, 2.45) is 0 Å². The van der Waals surface area contributed by atoms with Crippen molar-refractivity contribution in [2.45, 2.75) is 0 Å². The minimum Gasteiger partial charge on any atom is -0.334 e. The molecule has 0 saturated heterocycles. The van der Waals surface area contributed by atoms with Crippen LogP contribution in [0.5, 0.6) is 0 Å².